The lowest BCUT2D eigenvalue weighted by molar-refractivity contribution is 0.102. The zero-order valence-corrected chi connectivity index (χ0v) is 16.4. The van der Waals surface area contributed by atoms with Crippen molar-refractivity contribution in [2.24, 2.45) is 0 Å². The molecule has 0 aliphatic carbocycles. The number of nitrogens with one attached hydrogen (secondary N) is 2. The van der Waals surface area contributed by atoms with Crippen LogP contribution >= 0.6 is 23.4 Å². The van der Waals surface area contributed by atoms with Crippen molar-refractivity contribution < 1.29 is 4.79 Å². The molecule has 2 aromatic rings. The summed E-state index contributed by atoms with van der Waals surface area (Å²) in [5.74, 6) is 0.372. The number of hydrogen-bond donors (Lipinski definition) is 3. The number of nitrogen functional groups attached to an aromatic ring is 1. The van der Waals surface area contributed by atoms with E-state index in [-0.39, 0.29) is 11.5 Å². The van der Waals surface area contributed by atoms with Gasteiger partial charge in [0.25, 0.3) is 11.5 Å². The number of anilines is 2. The molecule has 7 nitrogen and oxygen atoms in total. The number of benzene rings is 1. The lowest BCUT2D eigenvalue weighted by atomic mass is 10.1. The number of amides is 1. The fourth-order valence-electron chi connectivity index (χ4n) is 2.90. The van der Waals surface area contributed by atoms with Gasteiger partial charge in [-0.25, -0.2) is 4.98 Å². The van der Waals surface area contributed by atoms with Crippen LogP contribution in [0.3, 0.4) is 0 Å². The largest absolute Gasteiger partial charge is 0.382 e. The smallest absolute Gasteiger partial charge is 0.277 e. The molecule has 0 unspecified atom stereocenters. The second kappa shape index (κ2) is 9.25. The number of carbonyl (C=O) groups is 1. The van der Waals surface area contributed by atoms with Crippen LogP contribution in [0.1, 0.15) is 29.6 Å². The quantitative estimate of drug-likeness (QED) is 0.502. The number of thioether (sulfide) groups is 1. The van der Waals surface area contributed by atoms with Crippen LogP contribution < -0.4 is 16.6 Å². The summed E-state index contributed by atoms with van der Waals surface area (Å²) in [5, 5.41) is 3.50. The third kappa shape index (κ3) is 5.47. The minimum Gasteiger partial charge on any atom is -0.382 e. The van der Waals surface area contributed by atoms with Crippen LogP contribution in [0.2, 0.25) is 5.02 Å². The predicted octanol–water partition coefficient (Wildman–Crippen LogP) is 2.84. The van der Waals surface area contributed by atoms with Gasteiger partial charge in [0, 0.05) is 22.9 Å². The minimum atomic E-state index is -0.467. The van der Waals surface area contributed by atoms with Crippen LogP contribution in [0, 0.1) is 0 Å². The van der Waals surface area contributed by atoms with Gasteiger partial charge < -0.3 is 16.0 Å². The molecule has 0 radical (unpaired) electrons. The molecule has 1 saturated heterocycles. The van der Waals surface area contributed by atoms with Gasteiger partial charge in [-0.15, -0.1) is 0 Å². The molecule has 2 heterocycles. The number of nitrogens with zero attached hydrogens (tertiary/aromatic N) is 2. The summed E-state index contributed by atoms with van der Waals surface area (Å²) in [5.41, 5.74) is 5.76. The number of hydrogen-bond acceptors (Lipinski definition) is 6. The van der Waals surface area contributed by atoms with E-state index in [1.807, 2.05) is 0 Å². The molecule has 1 amide bonds. The number of halogens is 1. The van der Waals surface area contributed by atoms with Crippen molar-refractivity contribution in [3.63, 3.8) is 0 Å². The highest BCUT2D eigenvalue weighted by Gasteiger charge is 2.15. The van der Waals surface area contributed by atoms with E-state index in [0.717, 1.165) is 25.4 Å². The van der Waals surface area contributed by atoms with Gasteiger partial charge in [0.2, 0.25) is 0 Å². The second-order valence-electron chi connectivity index (χ2n) is 6.34. The van der Waals surface area contributed by atoms with Gasteiger partial charge in [-0.1, -0.05) is 29.8 Å². The first kappa shape index (κ1) is 19.7. The van der Waals surface area contributed by atoms with Crippen molar-refractivity contribution in [2.75, 3.05) is 36.4 Å². The number of rotatable bonds is 6. The maximum atomic E-state index is 12.3. The zero-order chi connectivity index (χ0) is 19.2. The summed E-state index contributed by atoms with van der Waals surface area (Å²) in [6.07, 6.45) is 3.79. The van der Waals surface area contributed by atoms with Crippen molar-refractivity contribution in [2.45, 2.75) is 24.4 Å². The Bertz CT molecular complexity index is 850. The lowest BCUT2D eigenvalue weighted by Crippen LogP contribution is -2.31. The van der Waals surface area contributed by atoms with E-state index in [2.05, 4.69) is 20.2 Å². The average Bonchev–Trinajstić information content (AvgIpc) is 2.66. The second-order valence-corrected chi connectivity index (χ2v) is 7.86. The van der Waals surface area contributed by atoms with Crippen LogP contribution in [0.15, 0.2) is 34.2 Å². The summed E-state index contributed by atoms with van der Waals surface area (Å²) in [6.45, 7) is 3.20. The average molecular weight is 408 g/mol. The first-order valence-corrected chi connectivity index (χ1v) is 10.2. The summed E-state index contributed by atoms with van der Waals surface area (Å²) >= 11 is 7.27. The fourth-order valence-corrected chi connectivity index (χ4v) is 3.90. The van der Waals surface area contributed by atoms with Gasteiger partial charge in [0.15, 0.2) is 11.0 Å². The Balaban J connectivity index is 1.61. The Kier molecular flexibility index (Phi) is 6.76. The third-order valence-electron chi connectivity index (χ3n) is 4.37. The minimum absolute atomic E-state index is 0.00142. The molecule has 3 rings (SSSR count). The number of aromatic nitrogens is 2. The van der Waals surface area contributed by atoms with Crippen LogP contribution in [-0.2, 0) is 0 Å². The van der Waals surface area contributed by atoms with Crippen molar-refractivity contribution in [3.05, 3.63) is 45.2 Å². The first-order valence-electron chi connectivity index (χ1n) is 8.85. The van der Waals surface area contributed by atoms with E-state index in [9.17, 15) is 9.59 Å². The number of carbonyl (C=O) groups excluding carboxylic acids is 1. The Morgan fingerprint density at radius 2 is 1.96 bits per heavy atom. The van der Waals surface area contributed by atoms with Gasteiger partial charge in [-0.3, -0.25) is 14.6 Å². The summed E-state index contributed by atoms with van der Waals surface area (Å²) in [7, 11) is 0. The lowest BCUT2D eigenvalue weighted by Gasteiger charge is -2.25. The number of nitrogens with two attached hydrogens (primary N) is 1. The molecule has 1 aromatic heterocycles. The maximum absolute atomic E-state index is 12.3. The molecule has 0 bridgehead atoms. The maximum Gasteiger partial charge on any atom is 0.277 e. The van der Waals surface area contributed by atoms with Crippen LogP contribution in [0.4, 0.5) is 11.5 Å². The monoisotopic (exact) mass is 407 g/mol. The molecule has 144 valence electrons. The Labute approximate surface area is 166 Å². The molecule has 0 saturated carbocycles. The molecular weight excluding hydrogens is 386 g/mol. The van der Waals surface area contributed by atoms with Crippen LogP contribution in [0.5, 0.6) is 0 Å². The van der Waals surface area contributed by atoms with E-state index < -0.39 is 11.5 Å². The highest BCUT2D eigenvalue weighted by molar-refractivity contribution is 7.99. The van der Waals surface area contributed by atoms with Crippen molar-refractivity contribution in [1.82, 2.24) is 14.9 Å². The molecule has 4 N–H and O–H groups in total. The van der Waals surface area contributed by atoms with E-state index >= 15 is 0 Å². The topological polar surface area (TPSA) is 104 Å². The van der Waals surface area contributed by atoms with Gasteiger partial charge >= 0.3 is 0 Å². The van der Waals surface area contributed by atoms with Crippen molar-refractivity contribution >= 4 is 40.8 Å². The predicted molar refractivity (Wildman–Crippen MR) is 110 cm³/mol. The van der Waals surface area contributed by atoms with Gasteiger partial charge in [0.05, 0.1) is 0 Å². The van der Waals surface area contributed by atoms with E-state index in [4.69, 9.17) is 17.3 Å². The number of likely N-dealkylation sites (tertiary alicyclic amines) is 1. The van der Waals surface area contributed by atoms with E-state index in [1.165, 1.54) is 31.0 Å². The third-order valence-corrected chi connectivity index (χ3v) is 5.47. The summed E-state index contributed by atoms with van der Waals surface area (Å²) in [6, 6.07) is 6.34. The first-order chi connectivity index (χ1) is 13.0. The van der Waals surface area contributed by atoms with Gasteiger partial charge in [-0.05, 0) is 50.2 Å². The molecule has 1 fully saturated rings. The standard InChI is InChI=1S/C18H22ClN5O2S/c19-13-6-4-12(5-7-13)16(25)21-14-15(20)22-18(23-17(14)26)27-11-10-24-8-2-1-3-9-24/h4-7H,1-3,8-11H2,(H,21,25)(H3,20,22,23,26). The van der Waals surface area contributed by atoms with Crippen LogP contribution in [-0.4, -0.2) is 46.2 Å². The molecule has 27 heavy (non-hydrogen) atoms. The summed E-state index contributed by atoms with van der Waals surface area (Å²) < 4.78 is 0. The number of aromatic amines is 1. The Morgan fingerprint density at radius 3 is 2.63 bits per heavy atom. The highest BCUT2D eigenvalue weighted by Crippen LogP contribution is 2.18. The Morgan fingerprint density at radius 1 is 1.26 bits per heavy atom. The molecular formula is C18H22ClN5O2S. The fraction of sp³-hybridized carbons (Fsp3) is 0.389. The molecule has 1 aliphatic heterocycles. The van der Waals surface area contributed by atoms with Crippen molar-refractivity contribution in [3.8, 4) is 0 Å². The molecule has 9 heteroatoms. The normalized spacial score (nSPS) is 14.9. The Hall–Kier alpha value is -2.03. The van der Waals surface area contributed by atoms with Crippen molar-refractivity contribution in [1.29, 1.82) is 0 Å². The van der Waals surface area contributed by atoms with Gasteiger partial charge in [-0.2, -0.15) is 0 Å². The number of H-pyrrole nitrogens is 1. The summed E-state index contributed by atoms with van der Waals surface area (Å²) in [4.78, 5) is 33.9. The molecule has 1 aromatic carbocycles. The van der Waals surface area contributed by atoms with E-state index in [0.29, 0.717) is 15.7 Å². The number of piperidine rings is 1. The van der Waals surface area contributed by atoms with Crippen LogP contribution in [0.25, 0.3) is 0 Å². The molecule has 0 atom stereocenters. The molecule has 1 aliphatic rings. The van der Waals surface area contributed by atoms with E-state index in [1.54, 1.807) is 24.3 Å². The highest BCUT2D eigenvalue weighted by atomic mass is 35.5. The zero-order valence-electron chi connectivity index (χ0n) is 14.8. The molecule has 0 spiro atoms. The SMILES string of the molecule is Nc1nc(SCCN2CCCCC2)[nH]c(=O)c1NC(=O)c1ccc(Cl)cc1. The van der Waals surface area contributed by atoms with Gasteiger partial charge in [0.1, 0.15) is 5.69 Å².